The minimum absolute atomic E-state index is 1.14. The van der Waals surface area contributed by atoms with Crippen molar-refractivity contribution in [3.8, 4) is 0 Å². The van der Waals surface area contributed by atoms with Crippen molar-refractivity contribution >= 4 is 48.3 Å². The zero-order chi connectivity index (χ0) is 4.28. The van der Waals surface area contributed by atoms with E-state index < -0.39 is 0 Å². The summed E-state index contributed by atoms with van der Waals surface area (Å²) in [7, 11) is 1.14. The molecule has 0 spiro atoms. The Bertz CT molecular complexity index is 17.6. The van der Waals surface area contributed by atoms with Gasteiger partial charge in [-0.2, -0.15) is 0 Å². The van der Waals surface area contributed by atoms with Gasteiger partial charge in [-0.05, 0) is 0 Å². The summed E-state index contributed by atoms with van der Waals surface area (Å²) in [5, 5.41) is 0. The first-order chi connectivity index (χ1) is 2.27. The fourth-order valence-electron chi connectivity index (χ4n) is 0. The van der Waals surface area contributed by atoms with E-state index in [1.165, 1.54) is 3.12 Å². The van der Waals surface area contributed by atoms with Crippen LogP contribution >= 0.6 is 48.3 Å². The number of nitrogens with zero attached hydrogens (tertiary/aromatic N) is 1. The standard InChI is InChI=1S/H3NS4/c2-1(3)5-4/h2-4H. The van der Waals surface area contributed by atoms with Crippen LogP contribution in [0.1, 0.15) is 0 Å². The van der Waals surface area contributed by atoms with Crippen LogP contribution in [-0.4, -0.2) is 3.12 Å². The molecule has 0 radical (unpaired) electrons. The highest BCUT2D eigenvalue weighted by molar-refractivity contribution is 8.70. The second-order valence-corrected chi connectivity index (χ2v) is 3.01. The summed E-state index contributed by atoms with van der Waals surface area (Å²) in [5.74, 6) is 0. The van der Waals surface area contributed by atoms with Gasteiger partial charge in [0.05, 0.1) is 0 Å². The molecule has 0 aliphatic heterocycles. The maximum Gasteiger partial charge on any atom is 0.00967 e. The van der Waals surface area contributed by atoms with Crippen LogP contribution in [0.2, 0.25) is 0 Å². The third kappa shape index (κ3) is 5.36. The smallest absolute Gasteiger partial charge is 0.00967 e. The Morgan fingerprint density at radius 2 is 1.60 bits per heavy atom. The summed E-state index contributed by atoms with van der Waals surface area (Å²) in [6.45, 7) is 0. The van der Waals surface area contributed by atoms with Gasteiger partial charge in [-0.15, -0.1) is 3.12 Å². The molecular weight excluding hydrogens is 142 g/mol. The van der Waals surface area contributed by atoms with Crippen molar-refractivity contribution in [3.63, 3.8) is 0 Å². The molecule has 0 aromatic heterocycles. The first-order valence-corrected chi connectivity index (χ1v) is 3.39. The number of hydrogen-bond acceptors (Lipinski definition) is 5. The molecule has 0 atom stereocenters. The largest absolute Gasteiger partial charge is 0.133 e. The Morgan fingerprint density at radius 1 is 1.40 bits per heavy atom. The van der Waals surface area contributed by atoms with Gasteiger partial charge in [0.2, 0.25) is 0 Å². The first kappa shape index (κ1) is 6.36. The molecule has 0 N–H and O–H groups in total. The van der Waals surface area contributed by atoms with E-state index in [2.05, 4.69) is 37.3 Å². The van der Waals surface area contributed by atoms with Crippen LogP contribution in [0, 0.1) is 0 Å². The first-order valence-electron chi connectivity index (χ1n) is 0.765. The van der Waals surface area contributed by atoms with Crippen molar-refractivity contribution in [2.45, 2.75) is 0 Å². The Labute approximate surface area is 51.5 Å². The SMILES string of the molecule is SSN(S)S. The maximum absolute atomic E-state index is 3.71. The summed E-state index contributed by atoms with van der Waals surface area (Å²) in [6, 6.07) is 0. The molecule has 0 amide bonds. The van der Waals surface area contributed by atoms with Crippen molar-refractivity contribution in [1.29, 1.82) is 0 Å². The molecule has 0 fully saturated rings. The number of rotatable bonds is 1. The molecule has 5 heteroatoms. The average molecular weight is 145 g/mol. The van der Waals surface area contributed by atoms with Crippen LogP contribution in [0.5, 0.6) is 0 Å². The van der Waals surface area contributed by atoms with Crippen LogP contribution in [-0.2, 0) is 0 Å². The molecule has 0 aliphatic rings. The van der Waals surface area contributed by atoms with E-state index in [9.17, 15) is 0 Å². The predicted molar refractivity (Wildman–Crippen MR) is 36.4 cm³/mol. The van der Waals surface area contributed by atoms with E-state index in [-0.39, 0.29) is 0 Å². The number of hydrogen-bond donors (Lipinski definition) is 3. The Balaban J connectivity index is 2.54. The lowest BCUT2D eigenvalue weighted by atomic mass is 13.8. The van der Waals surface area contributed by atoms with Gasteiger partial charge >= 0.3 is 0 Å². The van der Waals surface area contributed by atoms with E-state index in [1.54, 1.807) is 0 Å². The normalized spacial score (nSPS) is 9.60. The van der Waals surface area contributed by atoms with Crippen molar-refractivity contribution < 1.29 is 0 Å². The Kier molecular flexibility index (Phi) is 4.51. The quantitative estimate of drug-likeness (QED) is 0.291. The van der Waals surface area contributed by atoms with Crippen LogP contribution in [0.3, 0.4) is 0 Å². The lowest BCUT2D eigenvalue weighted by Crippen LogP contribution is -1.69. The van der Waals surface area contributed by atoms with Crippen molar-refractivity contribution in [2.24, 2.45) is 0 Å². The summed E-state index contributed by atoms with van der Waals surface area (Å²) in [6.07, 6.45) is 0. The molecule has 0 aromatic rings. The van der Waals surface area contributed by atoms with Crippen molar-refractivity contribution in [2.75, 3.05) is 0 Å². The van der Waals surface area contributed by atoms with E-state index in [0.717, 1.165) is 11.0 Å². The minimum atomic E-state index is 1.14. The van der Waals surface area contributed by atoms with Crippen LogP contribution in [0.25, 0.3) is 0 Å². The highest BCUT2D eigenvalue weighted by Gasteiger charge is 1.77. The third-order valence-corrected chi connectivity index (χ3v) is 1.97. The molecule has 0 saturated heterocycles. The fraction of sp³-hybridized carbons (Fsp3) is 0. The molecule has 0 aromatic carbocycles. The monoisotopic (exact) mass is 145 g/mol. The minimum Gasteiger partial charge on any atom is -0.133 e. The van der Waals surface area contributed by atoms with Gasteiger partial charge in [-0.3, -0.25) is 0 Å². The van der Waals surface area contributed by atoms with Crippen LogP contribution in [0.15, 0.2) is 0 Å². The van der Waals surface area contributed by atoms with Gasteiger partial charge in [-0.1, -0.05) is 37.3 Å². The summed E-state index contributed by atoms with van der Waals surface area (Å²) in [4.78, 5) is 0. The Hall–Kier alpha value is 1.36. The molecule has 0 unspecified atom stereocenters. The molecule has 32 valence electrons. The molecule has 0 bridgehead atoms. The predicted octanol–water partition coefficient (Wildman–Crippen LogP) is 1.47. The van der Waals surface area contributed by atoms with Crippen molar-refractivity contribution in [3.05, 3.63) is 0 Å². The van der Waals surface area contributed by atoms with Crippen LogP contribution < -0.4 is 0 Å². The molecule has 5 heavy (non-hydrogen) atoms. The lowest BCUT2D eigenvalue weighted by molar-refractivity contribution is 1.35. The highest BCUT2D eigenvalue weighted by Crippen LogP contribution is 2.17. The summed E-state index contributed by atoms with van der Waals surface area (Å²) >= 11 is 11.1. The van der Waals surface area contributed by atoms with Crippen LogP contribution in [0.4, 0.5) is 0 Å². The molecule has 1 nitrogen and oxygen atoms in total. The molecular formula is H3NS4. The van der Waals surface area contributed by atoms with E-state index in [1.807, 2.05) is 0 Å². The molecule has 0 heterocycles. The van der Waals surface area contributed by atoms with Gasteiger partial charge in [0, 0.05) is 11.0 Å². The highest BCUT2D eigenvalue weighted by atomic mass is 33.1. The zero-order valence-electron chi connectivity index (χ0n) is 2.20. The summed E-state index contributed by atoms with van der Waals surface area (Å²) < 4.78 is 1.29. The van der Waals surface area contributed by atoms with Gasteiger partial charge in [0.25, 0.3) is 0 Å². The topological polar surface area (TPSA) is 3.24 Å². The molecule has 0 saturated carbocycles. The maximum atomic E-state index is 3.71. The van der Waals surface area contributed by atoms with Crippen molar-refractivity contribution in [1.82, 2.24) is 3.12 Å². The fourth-order valence-corrected chi connectivity index (χ4v) is 0. The molecule has 0 aliphatic carbocycles. The number of thiol groups is 3. The average Bonchev–Trinajstić information content (AvgIpc) is 1.38. The Morgan fingerprint density at radius 3 is 1.60 bits per heavy atom. The van der Waals surface area contributed by atoms with Gasteiger partial charge in [0.1, 0.15) is 0 Å². The molecule has 0 rings (SSSR count). The van der Waals surface area contributed by atoms with E-state index in [4.69, 9.17) is 0 Å². The second kappa shape index (κ2) is 3.55. The van der Waals surface area contributed by atoms with E-state index in [0.29, 0.717) is 0 Å². The van der Waals surface area contributed by atoms with Gasteiger partial charge in [0.15, 0.2) is 0 Å². The zero-order valence-corrected chi connectivity index (χ0v) is 5.70. The van der Waals surface area contributed by atoms with Gasteiger partial charge < -0.3 is 0 Å². The third-order valence-electron chi connectivity index (χ3n) is 0.0730. The second-order valence-electron chi connectivity index (χ2n) is 0.334. The lowest BCUT2D eigenvalue weighted by Gasteiger charge is -1.93. The van der Waals surface area contributed by atoms with Gasteiger partial charge in [-0.25, -0.2) is 0 Å². The summed E-state index contributed by atoms with van der Waals surface area (Å²) in [5.41, 5.74) is 0. The van der Waals surface area contributed by atoms with E-state index >= 15 is 0 Å².